The molecule has 1 heterocycles. The minimum absolute atomic E-state index is 0.00896. The van der Waals surface area contributed by atoms with E-state index in [2.05, 4.69) is 6.92 Å². The molecule has 21 heavy (non-hydrogen) atoms. The van der Waals surface area contributed by atoms with Gasteiger partial charge in [-0.25, -0.2) is 0 Å². The van der Waals surface area contributed by atoms with Gasteiger partial charge in [0.1, 0.15) is 5.69 Å². The van der Waals surface area contributed by atoms with Crippen LogP contribution in [0.1, 0.15) is 30.1 Å². The number of carbonyl (C=O) groups is 1. The first kappa shape index (κ1) is 15.2. The lowest BCUT2D eigenvalue weighted by Gasteiger charge is -2.37. The summed E-state index contributed by atoms with van der Waals surface area (Å²) in [5, 5.41) is 11.2. The molecule has 114 valence electrons. The van der Waals surface area contributed by atoms with Crippen molar-refractivity contribution in [1.29, 1.82) is 0 Å². The molecule has 1 aliphatic rings. The maximum atomic E-state index is 11.3. The lowest BCUT2D eigenvalue weighted by molar-refractivity contribution is -0.384. The Hall–Kier alpha value is -2.15. The number of benzene rings is 1. The van der Waals surface area contributed by atoms with Crippen LogP contribution in [-0.2, 0) is 0 Å². The molecule has 0 aliphatic carbocycles. The second-order valence-electron chi connectivity index (χ2n) is 5.39. The van der Waals surface area contributed by atoms with Crippen LogP contribution in [0.5, 0.6) is 0 Å². The van der Waals surface area contributed by atoms with Gasteiger partial charge in [-0.05, 0) is 24.5 Å². The average Bonchev–Trinajstić information content (AvgIpc) is 2.47. The largest absolute Gasteiger partial charge is 0.366 e. The molecule has 1 aromatic carbocycles. The number of nitrogens with two attached hydrogens (primary N) is 2. The minimum Gasteiger partial charge on any atom is -0.366 e. The van der Waals surface area contributed by atoms with Crippen molar-refractivity contribution in [2.75, 3.05) is 18.0 Å². The van der Waals surface area contributed by atoms with E-state index in [1.807, 2.05) is 4.90 Å². The van der Waals surface area contributed by atoms with E-state index < -0.39 is 10.8 Å². The van der Waals surface area contributed by atoms with Crippen molar-refractivity contribution in [2.24, 2.45) is 17.4 Å². The molecule has 2 unspecified atom stereocenters. The molecule has 1 aromatic rings. The zero-order valence-corrected chi connectivity index (χ0v) is 12.0. The highest BCUT2D eigenvalue weighted by Crippen LogP contribution is 2.32. The molecule has 1 fully saturated rings. The Labute approximate surface area is 123 Å². The lowest BCUT2D eigenvalue weighted by Crippen LogP contribution is -2.47. The molecule has 4 N–H and O–H groups in total. The normalized spacial score (nSPS) is 22.1. The van der Waals surface area contributed by atoms with E-state index in [0.29, 0.717) is 18.8 Å². The van der Waals surface area contributed by atoms with Crippen LogP contribution in [0.15, 0.2) is 18.2 Å². The van der Waals surface area contributed by atoms with Gasteiger partial charge in [0.25, 0.3) is 5.69 Å². The van der Waals surface area contributed by atoms with E-state index in [9.17, 15) is 14.9 Å². The zero-order chi connectivity index (χ0) is 15.6. The van der Waals surface area contributed by atoms with E-state index >= 15 is 0 Å². The number of nitro groups is 1. The first-order valence-electron chi connectivity index (χ1n) is 7.02. The molecule has 1 aliphatic heterocycles. The molecular weight excluding hydrogens is 272 g/mol. The number of amides is 1. The minimum atomic E-state index is -0.591. The number of anilines is 1. The second kappa shape index (κ2) is 6.09. The van der Waals surface area contributed by atoms with Gasteiger partial charge in [-0.15, -0.1) is 0 Å². The zero-order valence-electron chi connectivity index (χ0n) is 12.0. The van der Waals surface area contributed by atoms with Crippen LogP contribution in [0, 0.1) is 16.0 Å². The van der Waals surface area contributed by atoms with Crippen LogP contribution in [-0.4, -0.2) is 30.0 Å². The van der Waals surface area contributed by atoms with Crippen molar-refractivity contribution in [3.63, 3.8) is 0 Å². The second-order valence-corrected chi connectivity index (χ2v) is 5.39. The number of nitrogens with zero attached hydrogens (tertiary/aromatic N) is 2. The van der Waals surface area contributed by atoms with Crippen molar-refractivity contribution >= 4 is 17.3 Å². The van der Waals surface area contributed by atoms with Gasteiger partial charge in [-0.3, -0.25) is 14.9 Å². The van der Waals surface area contributed by atoms with Gasteiger partial charge in [0.05, 0.1) is 4.92 Å². The van der Waals surface area contributed by atoms with Crippen LogP contribution in [0.25, 0.3) is 0 Å². The average molecular weight is 292 g/mol. The van der Waals surface area contributed by atoms with Gasteiger partial charge in [0, 0.05) is 30.8 Å². The molecule has 2 atom stereocenters. The van der Waals surface area contributed by atoms with Crippen LogP contribution >= 0.6 is 0 Å². The highest BCUT2D eigenvalue weighted by Gasteiger charge is 2.29. The summed E-state index contributed by atoms with van der Waals surface area (Å²) in [4.78, 5) is 24.0. The van der Waals surface area contributed by atoms with E-state index in [0.717, 1.165) is 12.8 Å². The van der Waals surface area contributed by atoms with Gasteiger partial charge in [-0.2, -0.15) is 0 Å². The third-order valence-electron chi connectivity index (χ3n) is 4.11. The fourth-order valence-electron chi connectivity index (χ4n) is 2.79. The number of hydrogen-bond donors (Lipinski definition) is 2. The summed E-state index contributed by atoms with van der Waals surface area (Å²) in [6, 6.07) is 4.34. The highest BCUT2D eigenvalue weighted by molar-refractivity contribution is 5.94. The van der Waals surface area contributed by atoms with E-state index in [1.54, 1.807) is 0 Å². The Morgan fingerprint density at radius 2 is 2.24 bits per heavy atom. The summed E-state index contributed by atoms with van der Waals surface area (Å²) in [6.07, 6.45) is 1.69. The monoisotopic (exact) mass is 292 g/mol. The lowest BCUT2D eigenvalue weighted by atomic mass is 9.90. The summed E-state index contributed by atoms with van der Waals surface area (Å²) < 4.78 is 0. The standard InChI is InChI=1S/C14H20N4O3/c1-2-9-8-17(6-5-11(9)15)13-7-10(14(16)19)3-4-12(13)18(20)21/h3-4,7,9,11H,2,5-6,8,15H2,1H3,(H2,16,19). The van der Waals surface area contributed by atoms with Crippen LogP contribution in [0.2, 0.25) is 0 Å². The maximum absolute atomic E-state index is 11.3. The number of nitro benzene ring substituents is 1. The quantitative estimate of drug-likeness (QED) is 0.640. The summed E-state index contributed by atoms with van der Waals surface area (Å²) in [6.45, 7) is 3.35. The van der Waals surface area contributed by atoms with Crippen molar-refractivity contribution in [3.8, 4) is 0 Å². The predicted molar refractivity (Wildman–Crippen MR) is 80.2 cm³/mol. The Kier molecular flexibility index (Phi) is 4.42. The van der Waals surface area contributed by atoms with Crippen molar-refractivity contribution < 1.29 is 9.72 Å². The molecule has 1 saturated heterocycles. The number of primary amides is 1. The molecule has 2 rings (SSSR count). The van der Waals surface area contributed by atoms with Crippen LogP contribution in [0.3, 0.4) is 0 Å². The molecule has 0 aromatic heterocycles. The molecule has 1 amide bonds. The first-order chi connectivity index (χ1) is 9.93. The van der Waals surface area contributed by atoms with Crippen molar-refractivity contribution in [3.05, 3.63) is 33.9 Å². The smallest absolute Gasteiger partial charge is 0.292 e. The van der Waals surface area contributed by atoms with E-state index in [4.69, 9.17) is 11.5 Å². The van der Waals surface area contributed by atoms with Crippen molar-refractivity contribution in [2.45, 2.75) is 25.8 Å². The Bertz CT molecular complexity index is 561. The third-order valence-corrected chi connectivity index (χ3v) is 4.11. The summed E-state index contributed by atoms with van der Waals surface area (Å²) >= 11 is 0. The fourth-order valence-corrected chi connectivity index (χ4v) is 2.79. The highest BCUT2D eigenvalue weighted by atomic mass is 16.6. The molecule has 7 nitrogen and oxygen atoms in total. The van der Waals surface area contributed by atoms with Gasteiger partial charge >= 0.3 is 0 Å². The Morgan fingerprint density at radius 3 is 2.81 bits per heavy atom. The number of hydrogen-bond acceptors (Lipinski definition) is 5. The van der Waals surface area contributed by atoms with Gasteiger partial charge in [-0.1, -0.05) is 13.3 Å². The molecule has 0 saturated carbocycles. The van der Waals surface area contributed by atoms with Crippen LogP contribution in [0.4, 0.5) is 11.4 Å². The maximum Gasteiger partial charge on any atom is 0.292 e. The summed E-state index contributed by atoms with van der Waals surface area (Å²) in [7, 11) is 0. The summed E-state index contributed by atoms with van der Waals surface area (Å²) in [5.41, 5.74) is 12.1. The molecule has 0 radical (unpaired) electrons. The topological polar surface area (TPSA) is 115 Å². The van der Waals surface area contributed by atoms with Crippen LogP contribution < -0.4 is 16.4 Å². The molecule has 0 spiro atoms. The van der Waals surface area contributed by atoms with Crippen molar-refractivity contribution in [1.82, 2.24) is 0 Å². The van der Waals surface area contributed by atoms with E-state index in [1.165, 1.54) is 18.2 Å². The number of piperidine rings is 1. The molecule has 7 heteroatoms. The Balaban J connectivity index is 2.38. The van der Waals surface area contributed by atoms with Gasteiger partial charge < -0.3 is 16.4 Å². The van der Waals surface area contributed by atoms with Gasteiger partial charge in [0.2, 0.25) is 5.91 Å². The SMILES string of the molecule is CCC1CN(c2cc(C(N)=O)ccc2[N+](=O)[O-])CCC1N. The first-order valence-corrected chi connectivity index (χ1v) is 7.02. The fraction of sp³-hybridized carbons (Fsp3) is 0.500. The number of rotatable bonds is 4. The number of carbonyl (C=O) groups excluding carboxylic acids is 1. The summed E-state index contributed by atoms with van der Waals surface area (Å²) in [5.74, 6) is -0.303. The van der Waals surface area contributed by atoms with Gasteiger partial charge in [0.15, 0.2) is 0 Å². The molecule has 0 bridgehead atoms. The third kappa shape index (κ3) is 3.13. The van der Waals surface area contributed by atoms with E-state index in [-0.39, 0.29) is 23.2 Å². The predicted octanol–water partition coefficient (Wildman–Crippen LogP) is 1.26. The Morgan fingerprint density at radius 1 is 1.52 bits per heavy atom. The molecular formula is C14H20N4O3.